The van der Waals surface area contributed by atoms with Gasteiger partial charge in [-0.3, -0.25) is 4.79 Å². The molecule has 190 valence electrons. The molecule has 0 saturated heterocycles. The standard InChI is InChI=1S/C27H43N3O4/c1-15-12-26-17(3)10-16(2)25(4,5)20(24(26)33)11-19(14-31)23(32)27(26,34)22(15)30(29)13-21(28)18-8-6-7-9-18/h11-13,16-18,20,22-23,31-32,34H,6-10,14,28-29H2,1-5H3/b21-13-/t16?,17-,20?,22?,23?,26?,27?/m1/s1. The van der Waals surface area contributed by atoms with Crippen LogP contribution >= 0.6 is 0 Å². The Labute approximate surface area is 203 Å². The molecule has 34 heavy (non-hydrogen) atoms. The lowest BCUT2D eigenvalue weighted by Crippen LogP contribution is -2.68. The fourth-order valence-corrected chi connectivity index (χ4v) is 7.56. The third kappa shape index (κ3) is 3.27. The minimum Gasteiger partial charge on any atom is -0.401 e. The van der Waals surface area contributed by atoms with Crippen LogP contribution in [-0.2, 0) is 4.79 Å². The molecule has 2 fully saturated rings. The molecule has 7 heteroatoms. The van der Waals surface area contributed by atoms with E-state index in [1.807, 2.05) is 19.9 Å². The number of Topliss-reactive ketones (excluding diaryl/α,β-unsaturated/α-hetero) is 1. The van der Waals surface area contributed by atoms with E-state index in [0.717, 1.165) is 31.3 Å². The van der Waals surface area contributed by atoms with Crippen LogP contribution in [0.3, 0.4) is 0 Å². The Morgan fingerprint density at radius 1 is 1.24 bits per heavy atom. The first-order valence-corrected chi connectivity index (χ1v) is 12.8. The van der Waals surface area contributed by atoms with Crippen LogP contribution in [-0.4, -0.2) is 50.5 Å². The van der Waals surface area contributed by atoms with Crippen LogP contribution in [0.25, 0.3) is 0 Å². The van der Waals surface area contributed by atoms with Gasteiger partial charge in [0.1, 0.15) is 11.7 Å². The van der Waals surface area contributed by atoms with Crippen molar-refractivity contribution in [3.63, 3.8) is 0 Å². The summed E-state index contributed by atoms with van der Waals surface area (Å²) < 4.78 is 0. The lowest BCUT2D eigenvalue weighted by Gasteiger charge is -2.50. The van der Waals surface area contributed by atoms with Gasteiger partial charge in [-0.25, -0.2) is 5.84 Å². The Kier molecular flexibility index (Phi) is 6.33. The Bertz CT molecular complexity index is 934. The summed E-state index contributed by atoms with van der Waals surface area (Å²) in [5.41, 5.74) is 4.38. The van der Waals surface area contributed by atoms with E-state index in [2.05, 4.69) is 20.8 Å². The number of ketones is 1. The molecule has 0 radical (unpaired) electrons. The van der Waals surface area contributed by atoms with Crippen molar-refractivity contribution >= 4 is 5.78 Å². The molecule has 4 aliphatic rings. The second-order valence-corrected chi connectivity index (χ2v) is 12.0. The number of nitrogens with two attached hydrogens (primary N) is 2. The molecule has 1 spiro atoms. The first-order valence-electron chi connectivity index (χ1n) is 12.8. The number of hydrogen-bond donors (Lipinski definition) is 5. The zero-order valence-electron chi connectivity index (χ0n) is 21.3. The van der Waals surface area contributed by atoms with Gasteiger partial charge in [-0.2, -0.15) is 0 Å². The maximum atomic E-state index is 14.4. The number of allylic oxidation sites excluding steroid dienone is 2. The summed E-state index contributed by atoms with van der Waals surface area (Å²) in [5.74, 6) is 6.11. The number of aliphatic hydroxyl groups is 3. The molecule has 0 aromatic rings. The van der Waals surface area contributed by atoms with Crippen molar-refractivity contribution in [3.05, 3.63) is 35.2 Å². The van der Waals surface area contributed by atoms with E-state index in [0.29, 0.717) is 12.1 Å². The van der Waals surface area contributed by atoms with Crippen LogP contribution < -0.4 is 11.6 Å². The highest BCUT2D eigenvalue weighted by molar-refractivity contribution is 5.95. The predicted molar refractivity (Wildman–Crippen MR) is 132 cm³/mol. The zero-order valence-corrected chi connectivity index (χ0v) is 21.3. The highest BCUT2D eigenvalue weighted by Crippen LogP contribution is 2.62. The number of aliphatic hydroxyl groups excluding tert-OH is 2. The van der Waals surface area contributed by atoms with Crippen molar-refractivity contribution in [2.45, 2.75) is 84.5 Å². The summed E-state index contributed by atoms with van der Waals surface area (Å²) in [6.07, 6.45) is 8.78. The molecule has 0 aromatic carbocycles. The Morgan fingerprint density at radius 2 is 1.85 bits per heavy atom. The molecular formula is C27H43N3O4. The van der Waals surface area contributed by atoms with Crippen molar-refractivity contribution in [1.29, 1.82) is 0 Å². The minimum atomic E-state index is -1.95. The topological polar surface area (TPSA) is 133 Å². The van der Waals surface area contributed by atoms with Crippen molar-refractivity contribution in [2.75, 3.05) is 6.61 Å². The van der Waals surface area contributed by atoms with Crippen LogP contribution in [0.5, 0.6) is 0 Å². The van der Waals surface area contributed by atoms with Gasteiger partial charge in [-0.1, -0.05) is 52.7 Å². The molecule has 6 unspecified atom stereocenters. The molecule has 0 aliphatic heterocycles. The molecule has 4 aliphatic carbocycles. The van der Waals surface area contributed by atoms with E-state index in [9.17, 15) is 20.1 Å². The lowest BCUT2D eigenvalue weighted by atomic mass is 9.59. The fraction of sp³-hybridized carbons (Fsp3) is 0.741. The summed E-state index contributed by atoms with van der Waals surface area (Å²) in [4.78, 5) is 14.4. The van der Waals surface area contributed by atoms with Crippen LogP contribution in [0.1, 0.15) is 66.7 Å². The Hall–Kier alpha value is -1.67. The number of rotatable bonds is 4. The van der Waals surface area contributed by atoms with Gasteiger partial charge < -0.3 is 26.1 Å². The summed E-state index contributed by atoms with van der Waals surface area (Å²) in [6.45, 7) is 9.68. The van der Waals surface area contributed by atoms with E-state index in [1.165, 1.54) is 5.01 Å². The Morgan fingerprint density at radius 3 is 2.44 bits per heavy atom. The largest absolute Gasteiger partial charge is 0.401 e. The van der Waals surface area contributed by atoms with Crippen LogP contribution in [0.4, 0.5) is 0 Å². The van der Waals surface area contributed by atoms with E-state index >= 15 is 0 Å². The van der Waals surface area contributed by atoms with Crippen LogP contribution in [0.2, 0.25) is 0 Å². The van der Waals surface area contributed by atoms with E-state index in [-0.39, 0.29) is 29.1 Å². The van der Waals surface area contributed by atoms with Crippen molar-refractivity contribution in [2.24, 2.45) is 46.1 Å². The number of hydrogen-bond acceptors (Lipinski definition) is 7. The third-order valence-corrected chi connectivity index (χ3v) is 9.97. The van der Waals surface area contributed by atoms with Gasteiger partial charge in [0.2, 0.25) is 0 Å². The number of nitrogens with zero attached hydrogens (tertiary/aromatic N) is 1. The van der Waals surface area contributed by atoms with Crippen molar-refractivity contribution in [3.8, 4) is 0 Å². The summed E-state index contributed by atoms with van der Waals surface area (Å²) in [5, 5.41) is 35.9. The maximum Gasteiger partial charge on any atom is 0.153 e. The molecule has 0 amide bonds. The summed E-state index contributed by atoms with van der Waals surface area (Å²) in [6, 6.07) is -0.862. The van der Waals surface area contributed by atoms with Gasteiger partial charge in [0.25, 0.3) is 0 Å². The average Bonchev–Trinajstić information content (AvgIpc) is 3.36. The maximum absolute atomic E-state index is 14.4. The third-order valence-electron chi connectivity index (χ3n) is 9.97. The van der Waals surface area contributed by atoms with Gasteiger partial charge in [-0.15, -0.1) is 0 Å². The second-order valence-electron chi connectivity index (χ2n) is 12.0. The zero-order chi connectivity index (χ0) is 25.2. The SMILES string of the molecule is CC1=CC23C(=O)C(C=C(CO)C(O)C2(O)C1N(N)/C=C(\N)C1CCCC1)C(C)(C)C(C)C[C@H]3C. The lowest BCUT2D eigenvalue weighted by molar-refractivity contribution is -0.177. The number of carbonyl (C=O) groups excluding carboxylic acids is 1. The van der Waals surface area contributed by atoms with Crippen LogP contribution in [0.15, 0.2) is 35.2 Å². The molecule has 7 atom stereocenters. The van der Waals surface area contributed by atoms with Crippen LogP contribution in [0, 0.1) is 34.5 Å². The van der Waals surface area contributed by atoms with Gasteiger partial charge in [0, 0.05) is 17.8 Å². The van der Waals surface area contributed by atoms with Gasteiger partial charge in [0.05, 0.1) is 18.1 Å². The quantitative estimate of drug-likeness (QED) is 0.240. The first kappa shape index (κ1) is 25.4. The second kappa shape index (κ2) is 8.47. The summed E-state index contributed by atoms with van der Waals surface area (Å²) in [7, 11) is 0. The monoisotopic (exact) mass is 473 g/mol. The molecule has 2 bridgehead atoms. The van der Waals surface area contributed by atoms with Gasteiger partial charge in [-0.05, 0) is 60.5 Å². The number of hydrazine groups is 1. The van der Waals surface area contributed by atoms with E-state index in [4.69, 9.17) is 11.6 Å². The number of fused-ring (bicyclic) bond motifs is 1. The molecular weight excluding hydrogens is 430 g/mol. The normalized spacial score (nSPS) is 42.6. The van der Waals surface area contributed by atoms with Gasteiger partial charge in [0.15, 0.2) is 5.78 Å². The molecule has 2 saturated carbocycles. The predicted octanol–water partition coefficient (Wildman–Crippen LogP) is 2.38. The van der Waals surface area contributed by atoms with Gasteiger partial charge >= 0.3 is 0 Å². The molecule has 0 heterocycles. The molecule has 7 nitrogen and oxygen atoms in total. The highest BCUT2D eigenvalue weighted by Gasteiger charge is 2.72. The average molecular weight is 474 g/mol. The van der Waals surface area contributed by atoms with E-state index < -0.39 is 41.1 Å². The van der Waals surface area contributed by atoms with Crippen molar-refractivity contribution < 1.29 is 20.1 Å². The molecule has 4 rings (SSSR count). The fourth-order valence-electron chi connectivity index (χ4n) is 7.56. The first-order chi connectivity index (χ1) is 15.8. The smallest absolute Gasteiger partial charge is 0.153 e. The highest BCUT2D eigenvalue weighted by atomic mass is 16.3. The number of carbonyl (C=O) groups is 1. The minimum absolute atomic E-state index is 0.109. The summed E-state index contributed by atoms with van der Waals surface area (Å²) >= 11 is 0. The molecule has 7 N–H and O–H groups in total. The molecule has 0 aromatic heterocycles. The van der Waals surface area contributed by atoms with E-state index in [1.54, 1.807) is 12.3 Å². The van der Waals surface area contributed by atoms with Crippen molar-refractivity contribution in [1.82, 2.24) is 5.01 Å². The Balaban J connectivity index is 1.90.